The topological polar surface area (TPSA) is 52.3 Å². The molecule has 2 rings (SSSR count). The molecule has 1 saturated carbocycles. The molecule has 18 heavy (non-hydrogen) atoms. The summed E-state index contributed by atoms with van der Waals surface area (Å²) < 4.78 is 5.72. The van der Waals surface area contributed by atoms with E-state index < -0.39 is 0 Å². The molecule has 1 fully saturated rings. The van der Waals surface area contributed by atoms with Gasteiger partial charge in [-0.1, -0.05) is 26.0 Å². The molecular weight excluding hydrogens is 226 g/mol. The zero-order chi connectivity index (χ0) is 13.5. The van der Waals surface area contributed by atoms with Gasteiger partial charge in [-0.2, -0.15) is 0 Å². The molecule has 0 heterocycles. The first-order valence-electron chi connectivity index (χ1n) is 6.64. The molecule has 0 aromatic heterocycles. The zero-order valence-electron chi connectivity index (χ0n) is 11.5. The number of hydrogen-bond acceptors (Lipinski definition) is 3. The third kappa shape index (κ3) is 4.49. The Morgan fingerprint density at radius 3 is 2.33 bits per heavy atom. The summed E-state index contributed by atoms with van der Waals surface area (Å²) in [5.74, 6) is 1.04. The summed E-state index contributed by atoms with van der Waals surface area (Å²) in [5, 5.41) is 0. The Morgan fingerprint density at radius 1 is 1.33 bits per heavy atom. The van der Waals surface area contributed by atoms with Crippen molar-refractivity contribution in [2.75, 3.05) is 0 Å². The van der Waals surface area contributed by atoms with E-state index in [9.17, 15) is 4.79 Å². The number of benzene rings is 1. The van der Waals surface area contributed by atoms with E-state index in [1.54, 1.807) is 6.92 Å². The Kier molecular flexibility index (Phi) is 5.86. The molecule has 0 spiro atoms. The highest BCUT2D eigenvalue weighted by Crippen LogP contribution is 2.24. The van der Waals surface area contributed by atoms with Crippen molar-refractivity contribution in [3.63, 3.8) is 0 Å². The van der Waals surface area contributed by atoms with Gasteiger partial charge in [-0.25, -0.2) is 0 Å². The van der Waals surface area contributed by atoms with E-state index in [1.807, 2.05) is 38.1 Å². The number of rotatable bonds is 4. The molecular formula is C15H25NO2. The maximum absolute atomic E-state index is 10.9. The number of ketones is 1. The highest BCUT2D eigenvalue weighted by Gasteiger charge is 2.27. The number of ether oxygens (including phenoxy) is 1. The van der Waals surface area contributed by atoms with Gasteiger partial charge in [-0.05, 0) is 37.5 Å². The first-order chi connectivity index (χ1) is 8.63. The predicted molar refractivity (Wildman–Crippen MR) is 75.9 cm³/mol. The summed E-state index contributed by atoms with van der Waals surface area (Å²) in [6.07, 6.45) is 2.65. The van der Waals surface area contributed by atoms with Crippen LogP contribution >= 0.6 is 0 Å². The summed E-state index contributed by atoms with van der Waals surface area (Å²) in [6, 6.07) is 8.02. The summed E-state index contributed by atoms with van der Waals surface area (Å²) in [4.78, 5) is 10.9. The van der Waals surface area contributed by atoms with Crippen LogP contribution in [0.2, 0.25) is 0 Å². The Bertz CT molecular complexity index is 372. The highest BCUT2D eigenvalue weighted by molar-refractivity contribution is 5.78. The molecule has 0 radical (unpaired) electrons. The molecule has 2 N–H and O–H groups in total. The SMILES string of the molecule is CC.CC(=O)Cc1ccc(OC2CC(N)C2)cc1.[HH]. The average Bonchev–Trinajstić information content (AvgIpc) is 2.31. The maximum atomic E-state index is 10.9. The van der Waals surface area contributed by atoms with Gasteiger partial charge in [0, 0.05) is 13.9 Å². The average molecular weight is 251 g/mol. The maximum Gasteiger partial charge on any atom is 0.134 e. The molecule has 1 aliphatic rings. The van der Waals surface area contributed by atoms with Gasteiger partial charge in [0.2, 0.25) is 0 Å². The number of hydrogen-bond donors (Lipinski definition) is 1. The molecule has 0 bridgehead atoms. The molecule has 0 unspecified atom stereocenters. The lowest BCUT2D eigenvalue weighted by molar-refractivity contribution is -0.116. The van der Waals surface area contributed by atoms with Crippen LogP contribution in [0.5, 0.6) is 5.75 Å². The van der Waals surface area contributed by atoms with Gasteiger partial charge in [0.15, 0.2) is 0 Å². The van der Waals surface area contributed by atoms with Crippen LogP contribution in [-0.4, -0.2) is 17.9 Å². The molecule has 1 aliphatic carbocycles. The minimum Gasteiger partial charge on any atom is -0.490 e. The Morgan fingerprint density at radius 2 is 1.89 bits per heavy atom. The van der Waals surface area contributed by atoms with Crippen LogP contribution in [0, 0.1) is 0 Å². The van der Waals surface area contributed by atoms with Crippen LogP contribution < -0.4 is 10.5 Å². The number of Topliss-reactive ketones (excluding diaryl/α,β-unsaturated/α-hetero) is 1. The fraction of sp³-hybridized carbons (Fsp3) is 0.533. The number of carbonyl (C=O) groups is 1. The number of carbonyl (C=O) groups excluding carboxylic acids is 1. The quantitative estimate of drug-likeness (QED) is 0.895. The second kappa shape index (κ2) is 7.17. The summed E-state index contributed by atoms with van der Waals surface area (Å²) in [5.41, 5.74) is 6.72. The lowest BCUT2D eigenvalue weighted by Crippen LogP contribution is -2.43. The van der Waals surface area contributed by atoms with E-state index in [0.717, 1.165) is 24.2 Å². The molecule has 0 amide bonds. The fourth-order valence-corrected chi connectivity index (χ4v) is 1.87. The van der Waals surface area contributed by atoms with Gasteiger partial charge >= 0.3 is 0 Å². The van der Waals surface area contributed by atoms with Gasteiger partial charge < -0.3 is 10.5 Å². The monoisotopic (exact) mass is 251 g/mol. The highest BCUT2D eigenvalue weighted by atomic mass is 16.5. The molecule has 3 heteroatoms. The normalized spacial score (nSPS) is 21.3. The number of nitrogens with two attached hydrogens (primary N) is 1. The van der Waals surface area contributed by atoms with Crippen molar-refractivity contribution in [3.8, 4) is 5.75 Å². The van der Waals surface area contributed by atoms with Crippen LogP contribution in [0.25, 0.3) is 0 Å². The molecule has 0 aliphatic heterocycles. The minimum absolute atomic E-state index is 0. The van der Waals surface area contributed by atoms with Crippen LogP contribution in [0.1, 0.15) is 40.6 Å². The Balaban J connectivity index is 0.00000103. The zero-order valence-corrected chi connectivity index (χ0v) is 11.5. The van der Waals surface area contributed by atoms with E-state index in [0.29, 0.717) is 12.5 Å². The van der Waals surface area contributed by atoms with Crippen molar-refractivity contribution < 1.29 is 11.0 Å². The third-order valence-electron chi connectivity index (χ3n) is 2.81. The van der Waals surface area contributed by atoms with Gasteiger partial charge in [0.25, 0.3) is 0 Å². The first-order valence-corrected chi connectivity index (χ1v) is 6.64. The van der Waals surface area contributed by atoms with Gasteiger partial charge in [-0.15, -0.1) is 0 Å². The summed E-state index contributed by atoms with van der Waals surface area (Å²) in [6.45, 7) is 5.60. The Hall–Kier alpha value is -1.35. The lowest BCUT2D eigenvalue weighted by atomic mass is 9.90. The van der Waals surface area contributed by atoms with Gasteiger partial charge in [0.1, 0.15) is 17.6 Å². The van der Waals surface area contributed by atoms with Crippen molar-refractivity contribution >= 4 is 5.78 Å². The van der Waals surface area contributed by atoms with Crippen molar-refractivity contribution in [2.45, 2.75) is 52.2 Å². The molecule has 0 atom stereocenters. The summed E-state index contributed by atoms with van der Waals surface area (Å²) >= 11 is 0. The smallest absolute Gasteiger partial charge is 0.134 e. The second-order valence-electron chi connectivity index (χ2n) is 4.49. The van der Waals surface area contributed by atoms with Crippen LogP contribution in [0.15, 0.2) is 24.3 Å². The molecule has 1 aromatic carbocycles. The van der Waals surface area contributed by atoms with Crippen molar-refractivity contribution in [1.82, 2.24) is 0 Å². The third-order valence-corrected chi connectivity index (χ3v) is 2.81. The van der Waals surface area contributed by atoms with E-state index in [2.05, 4.69) is 0 Å². The summed E-state index contributed by atoms with van der Waals surface area (Å²) in [7, 11) is 0. The predicted octanol–water partition coefficient (Wildman–Crippen LogP) is 2.96. The van der Waals surface area contributed by atoms with Crippen LogP contribution in [-0.2, 0) is 11.2 Å². The van der Waals surface area contributed by atoms with Crippen molar-refractivity contribution in [2.24, 2.45) is 5.73 Å². The first kappa shape index (κ1) is 14.7. The lowest BCUT2D eigenvalue weighted by Gasteiger charge is -2.32. The van der Waals surface area contributed by atoms with E-state index in [4.69, 9.17) is 10.5 Å². The van der Waals surface area contributed by atoms with E-state index in [-0.39, 0.29) is 13.3 Å². The van der Waals surface area contributed by atoms with Gasteiger partial charge in [0.05, 0.1) is 0 Å². The van der Waals surface area contributed by atoms with Crippen molar-refractivity contribution in [1.29, 1.82) is 0 Å². The molecule has 102 valence electrons. The fourth-order valence-electron chi connectivity index (χ4n) is 1.87. The minimum atomic E-state index is 0. The van der Waals surface area contributed by atoms with Crippen molar-refractivity contribution in [3.05, 3.63) is 29.8 Å². The van der Waals surface area contributed by atoms with E-state index >= 15 is 0 Å². The largest absolute Gasteiger partial charge is 0.490 e. The Labute approximate surface area is 111 Å². The van der Waals surface area contributed by atoms with Gasteiger partial charge in [-0.3, -0.25) is 4.79 Å². The standard InChI is InChI=1S/C13H17NO2.C2H6.H2/c1-9(15)6-10-2-4-12(5-3-10)16-13-7-11(14)8-13;1-2;/h2-5,11,13H,6-8,14H2,1H3;1-2H3;1H. The molecule has 1 aromatic rings. The molecule has 3 nitrogen and oxygen atoms in total. The second-order valence-corrected chi connectivity index (χ2v) is 4.49. The molecule has 0 saturated heterocycles. The van der Waals surface area contributed by atoms with Crippen LogP contribution in [0.4, 0.5) is 0 Å². The van der Waals surface area contributed by atoms with E-state index in [1.165, 1.54) is 0 Å². The van der Waals surface area contributed by atoms with Crippen LogP contribution in [0.3, 0.4) is 0 Å².